The summed E-state index contributed by atoms with van der Waals surface area (Å²) in [6.45, 7) is 0.907. The number of para-hydroxylation sites is 1. The zero-order chi connectivity index (χ0) is 14.9. The molecule has 2 aromatic carbocycles. The second-order valence-corrected chi connectivity index (χ2v) is 4.51. The van der Waals surface area contributed by atoms with Crippen LogP contribution in [0.3, 0.4) is 0 Å². The Morgan fingerprint density at radius 2 is 1.71 bits per heavy atom. The van der Waals surface area contributed by atoms with Crippen LogP contribution in [0.25, 0.3) is 11.1 Å². The number of carbonyl (C=O) groups is 1. The normalized spacial score (nSPS) is 10.3. The van der Waals surface area contributed by atoms with Crippen LogP contribution in [0.1, 0.15) is 0 Å². The van der Waals surface area contributed by atoms with E-state index in [1.54, 1.807) is 7.11 Å². The maximum absolute atomic E-state index is 11.9. The summed E-state index contributed by atoms with van der Waals surface area (Å²) in [5.74, 6) is -0.172. The van der Waals surface area contributed by atoms with Crippen molar-refractivity contribution in [2.45, 2.75) is 0 Å². The van der Waals surface area contributed by atoms with Crippen LogP contribution in [0.15, 0.2) is 54.6 Å². The van der Waals surface area contributed by atoms with Gasteiger partial charge in [0.1, 0.15) is 6.61 Å². The molecule has 0 fully saturated rings. The molecule has 4 nitrogen and oxygen atoms in total. The first-order valence-electron chi connectivity index (χ1n) is 6.82. The second kappa shape index (κ2) is 8.19. The molecule has 0 atom stereocenters. The van der Waals surface area contributed by atoms with Gasteiger partial charge in [0.15, 0.2) is 0 Å². The van der Waals surface area contributed by atoms with Gasteiger partial charge < -0.3 is 14.8 Å². The van der Waals surface area contributed by atoms with Gasteiger partial charge in [-0.2, -0.15) is 0 Å². The fourth-order valence-electron chi connectivity index (χ4n) is 1.95. The molecule has 0 aromatic heterocycles. The summed E-state index contributed by atoms with van der Waals surface area (Å²) in [5, 5.41) is 2.88. The number of anilines is 1. The third-order valence-corrected chi connectivity index (χ3v) is 2.95. The largest absolute Gasteiger partial charge is 0.382 e. The number of nitrogens with one attached hydrogen (secondary N) is 1. The van der Waals surface area contributed by atoms with E-state index < -0.39 is 0 Å². The number of methoxy groups -OCH3 is 1. The molecule has 0 aliphatic heterocycles. The first-order chi connectivity index (χ1) is 10.3. The van der Waals surface area contributed by atoms with Crippen molar-refractivity contribution in [3.63, 3.8) is 0 Å². The minimum Gasteiger partial charge on any atom is -0.382 e. The molecule has 21 heavy (non-hydrogen) atoms. The van der Waals surface area contributed by atoms with E-state index in [9.17, 15) is 4.79 Å². The lowest BCUT2D eigenvalue weighted by atomic mass is 10.0. The van der Waals surface area contributed by atoms with Gasteiger partial charge in [0.2, 0.25) is 5.91 Å². The first-order valence-corrected chi connectivity index (χ1v) is 6.82. The SMILES string of the molecule is COCCOCC(=O)Nc1ccccc1-c1ccccc1. The lowest BCUT2D eigenvalue weighted by molar-refractivity contribution is -0.121. The van der Waals surface area contributed by atoms with E-state index in [2.05, 4.69) is 5.32 Å². The van der Waals surface area contributed by atoms with Gasteiger partial charge in [-0.25, -0.2) is 0 Å². The highest BCUT2D eigenvalue weighted by Crippen LogP contribution is 2.27. The Bertz CT molecular complexity index is 569. The molecule has 2 aromatic rings. The van der Waals surface area contributed by atoms with Gasteiger partial charge in [-0.15, -0.1) is 0 Å². The number of carbonyl (C=O) groups excluding carboxylic acids is 1. The molecular formula is C17H19NO3. The van der Waals surface area contributed by atoms with E-state index in [0.29, 0.717) is 13.2 Å². The molecular weight excluding hydrogens is 266 g/mol. The monoisotopic (exact) mass is 285 g/mol. The Labute approximate surface area is 124 Å². The van der Waals surface area contributed by atoms with Crippen molar-refractivity contribution >= 4 is 11.6 Å². The summed E-state index contributed by atoms with van der Waals surface area (Å²) in [6, 6.07) is 17.7. The highest BCUT2D eigenvalue weighted by molar-refractivity contribution is 5.96. The number of ether oxygens (including phenoxy) is 2. The van der Waals surface area contributed by atoms with Gasteiger partial charge in [0, 0.05) is 18.4 Å². The summed E-state index contributed by atoms with van der Waals surface area (Å²) in [5.41, 5.74) is 2.83. The molecule has 0 heterocycles. The topological polar surface area (TPSA) is 47.6 Å². The smallest absolute Gasteiger partial charge is 0.250 e. The average molecular weight is 285 g/mol. The van der Waals surface area contributed by atoms with E-state index >= 15 is 0 Å². The molecule has 1 N–H and O–H groups in total. The van der Waals surface area contributed by atoms with E-state index in [4.69, 9.17) is 9.47 Å². The summed E-state index contributed by atoms with van der Waals surface area (Å²) in [7, 11) is 1.60. The summed E-state index contributed by atoms with van der Waals surface area (Å²) < 4.78 is 10.1. The fourth-order valence-corrected chi connectivity index (χ4v) is 1.95. The molecule has 110 valence electrons. The Morgan fingerprint density at radius 1 is 1.00 bits per heavy atom. The minimum atomic E-state index is -0.172. The van der Waals surface area contributed by atoms with Crippen LogP contribution >= 0.6 is 0 Å². The molecule has 0 radical (unpaired) electrons. The van der Waals surface area contributed by atoms with Crippen molar-refractivity contribution in [3.05, 3.63) is 54.6 Å². The van der Waals surface area contributed by atoms with E-state index in [1.807, 2.05) is 54.6 Å². The molecule has 0 saturated heterocycles. The van der Waals surface area contributed by atoms with Gasteiger partial charge >= 0.3 is 0 Å². The summed E-state index contributed by atoms with van der Waals surface area (Å²) in [4.78, 5) is 11.9. The van der Waals surface area contributed by atoms with Crippen molar-refractivity contribution in [3.8, 4) is 11.1 Å². The van der Waals surface area contributed by atoms with Crippen LogP contribution in [-0.2, 0) is 14.3 Å². The second-order valence-electron chi connectivity index (χ2n) is 4.51. The van der Waals surface area contributed by atoms with E-state index in [0.717, 1.165) is 16.8 Å². The molecule has 0 bridgehead atoms. The zero-order valence-electron chi connectivity index (χ0n) is 12.0. The highest BCUT2D eigenvalue weighted by Gasteiger charge is 2.08. The van der Waals surface area contributed by atoms with Gasteiger partial charge in [-0.1, -0.05) is 48.5 Å². The average Bonchev–Trinajstić information content (AvgIpc) is 2.53. The van der Waals surface area contributed by atoms with Crippen LogP contribution in [0.4, 0.5) is 5.69 Å². The molecule has 0 aliphatic carbocycles. The molecule has 1 amide bonds. The van der Waals surface area contributed by atoms with Crippen molar-refractivity contribution < 1.29 is 14.3 Å². The van der Waals surface area contributed by atoms with Gasteiger partial charge in [-0.3, -0.25) is 4.79 Å². The number of amides is 1. The fraction of sp³-hybridized carbons (Fsp3) is 0.235. The Balaban J connectivity index is 2.02. The van der Waals surface area contributed by atoms with Crippen molar-refractivity contribution in [2.75, 3.05) is 32.2 Å². The summed E-state index contributed by atoms with van der Waals surface area (Å²) in [6.07, 6.45) is 0. The predicted molar refractivity (Wildman–Crippen MR) is 83.2 cm³/mol. The molecule has 4 heteroatoms. The van der Waals surface area contributed by atoms with Gasteiger partial charge in [0.25, 0.3) is 0 Å². The maximum Gasteiger partial charge on any atom is 0.250 e. The van der Waals surface area contributed by atoms with Crippen LogP contribution < -0.4 is 5.32 Å². The lowest BCUT2D eigenvalue weighted by Crippen LogP contribution is -2.20. The number of benzene rings is 2. The van der Waals surface area contributed by atoms with Crippen LogP contribution in [0.2, 0.25) is 0 Å². The molecule has 0 unspecified atom stereocenters. The number of rotatable bonds is 7. The lowest BCUT2D eigenvalue weighted by Gasteiger charge is -2.11. The Kier molecular flexibility index (Phi) is 5.94. The third kappa shape index (κ3) is 4.70. The molecule has 0 spiro atoms. The standard InChI is InChI=1S/C17H19NO3/c1-20-11-12-21-13-17(19)18-16-10-6-5-9-15(16)14-7-3-2-4-8-14/h2-10H,11-13H2,1H3,(H,18,19). The van der Waals surface area contributed by atoms with Gasteiger partial charge in [-0.05, 0) is 11.6 Å². The van der Waals surface area contributed by atoms with E-state index in [-0.39, 0.29) is 12.5 Å². The van der Waals surface area contributed by atoms with E-state index in [1.165, 1.54) is 0 Å². The van der Waals surface area contributed by atoms with Crippen LogP contribution in [0, 0.1) is 0 Å². The van der Waals surface area contributed by atoms with Crippen LogP contribution in [-0.4, -0.2) is 32.8 Å². The summed E-state index contributed by atoms with van der Waals surface area (Å²) >= 11 is 0. The maximum atomic E-state index is 11.9. The third-order valence-electron chi connectivity index (χ3n) is 2.95. The van der Waals surface area contributed by atoms with Gasteiger partial charge in [0.05, 0.1) is 13.2 Å². The van der Waals surface area contributed by atoms with Crippen LogP contribution in [0.5, 0.6) is 0 Å². The van der Waals surface area contributed by atoms with Crippen molar-refractivity contribution in [1.82, 2.24) is 0 Å². The number of hydrogen-bond acceptors (Lipinski definition) is 3. The molecule has 0 saturated carbocycles. The minimum absolute atomic E-state index is 0.0203. The Morgan fingerprint density at radius 3 is 2.48 bits per heavy atom. The first kappa shape index (κ1) is 15.2. The molecule has 2 rings (SSSR count). The quantitative estimate of drug-likeness (QED) is 0.796. The Hall–Kier alpha value is -2.17. The van der Waals surface area contributed by atoms with Crippen molar-refractivity contribution in [1.29, 1.82) is 0 Å². The predicted octanol–water partition coefficient (Wildman–Crippen LogP) is 2.96. The number of hydrogen-bond donors (Lipinski definition) is 1. The highest BCUT2D eigenvalue weighted by atomic mass is 16.5. The van der Waals surface area contributed by atoms with Crippen molar-refractivity contribution in [2.24, 2.45) is 0 Å². The zero-order valence-corrected chi connectivity index (χ0v) is 12.0. The molecule has 0 aliphatic rings.